The fraction of sp³-hybridized carbons (Fsp3) is 0.200. The molecule has 2 aromatic carbocycles. The Bertz CT molecular complexity index is 901. The van der Waals surface area contributed by atoms with Crippen LogP contribution in [0.1, 0.15) is 11.1 Å². The largest absolute Gasteiger partial charge is 0.497 e. The Labute approximate surface area is 152 Å². The van der Waals surface area contributed by atoms with Crippen molar-refractivity contribution in [2.45, 2.75) is 6.92 Å². The monoisotopic (exact) mass is 352 g/mol. The minimum Gasteiger partial charge on any atom is -0.497 e. The molecule has 1 aliphatic rings. The van der Waals surface area contributed by atoms with E-state index in [9.17, 15) is 9.59 Å². The average molecular weight is 352 g/mol. The van der Waals surface area contributed by atoms with Gasteiger partial charge in [0.2, 0.25) is 0 Å². The molecule has 0 bridgehead atoms. The number of ether oxygens (including phenoxy) is 2. The Morgan fingerprint density at radius 1 is 0.923 bits per heavy atom. The molecule has 0 atom stereocenters. The van der Waals surface area contributed by atoms with E-state index in [2.05, 4.69) is 5.32 Å². The quantitative estimate of drug-likeness (QED) is 0.838. The smallest absolute Gasteiger partial charge is 0.277 e. The van der Waals surface area contributed by atoms with E-state index in [-0.39, 0.29) is 17.5 Å². The molecule has 1 N–H and O–H groups in total. The van der Waals surface area contributed by atoms with Gasteiger partial charge in [0, 0.05) is 7.05 Å². The zero-order chi connectivity index (χ0) is 18.8. The number of carbonyl (C=O) groups is 2. The van der Waals surface area contributed by atoms with Crippen LogP contribution in [0.2, 0.25) is 0 Å². The third kappa shape index (κ3) is 3.01. The second-order valence-corrected chi connectivity index (χ2v) is 5.98. The van der Waals surface area contributed by atoms with Crippen molar-refractivity contribution in [3.05, 3.63) is 59.3 Å². The molecule has 26 heavy (non-hydrogen) atoms. The molecule has 0 spiro atoms. The number of methoxy groups -OCH3 is 2. The van der Waals surface area contributed by atoms with Crippen molar-refractivity contribution in [2.24, 2.45) is 0 Å². The first-order chi connectivity index (χ1) is 12.5. The lowest BCUT2D eigenvalue weighted by Gasteiger charge is -2.13. The summed E-state index contributed by atoms with van der Waals surface area (Å²) in [5, 5.41) is 3.10. The van der Waals surface area contributed by atoms with Gasteiger partial charge < -0.3 is 14.8 Å². The van der Waals surface area contributed by atoms with Gasteiger partial charge in [-0.3, -0.25) is 14.5 Å². The van der Waals surface area contributed by atoms with E-state index < -0.39 is 0 Å². The summed E-state index contributed by atoms with van der Waals surface area (Å²) in [7, 11) is 4.60. The van der Waals surface area contributed by atoms with E-state index in [4.69, 9.17) is 9.47 Å². The van der Waals surface area contributed by atoms with Crippen molar-refractivity contribution in [1.29, 1.82) is 0 Å². The molecule has 0 saturated heterocycles. The Kier molecular flexibility index (Phi) is 4.67. The number of benzene rings is 2. The third-order valence-electron chi connectivity index (χ3n) is 4.28. The zero-order valence-electron chi connectivity index (χ0n) is 15.1. The maximum absolute atomic E-state index is 12.6. The number of nitrogens with one attached hydrogen (secondary N) is 1. The van der Waals surface area contributed by atoms with Crippen LogP contribution in [-0.4, -0.2) is 38.0 Å². The number of aryl methyl sites for hydroxylation is 1. The Morgan fingerprint density at radius 3 is 2.23 bits per heavy atom. The molecule has 6 heteroatoms. The fourth-order valence-corrected chi connectivity index (χ4v) is 2.84. The van der Waals surface area contributed by atoms with Gasteiger partial charge in [0.05, 0.1) is 25.5 Å². The second kappa shape index (κ2) is 6.92. The number of hydrogen-bond donors (Lipinski definition) is 1. The summed E-state index contributed by atoms with van der Waals surface area (Å²) in [5.74, 6) is 0.528. The van der Waals surface area contributed by atoms with E-state index >= 15 is 0 Å². The Hall–Kier alpha value is -3.28. The van der Waals surface area contributed by atoms with Gasteiger partial charge in [-0.1, -0.05) is 18.2 Å². The van der Waals surface area contributed by atoms with Gasteiger partial charge in [-0.2, -0.15) is 0 Å². The molecule has 6 nitrogen and oxygen atoms in total. The lowest BCUT2D eigenvalue weighted by molar-refractivity contribution is -0.135. The highest BCUT2D eigenvalue weighted by Crippen LogP contribution is 2.33. The van der Waals surface area contributed by atoms with Crippen molar-refractivity contribution in [2.75, 3.05) is 26.6 Å². The van der Waals surface area contributed by atoms with Crippen LogP contribution in [0.4, 0.5) is 5.69 Å². The molecule has 1 heterocycles. The molecule has 2 aromatic rings. The van der Waals surface area contributed by atoms with E-state index in [0.29, 0.717) is 28.3 Å². The topological polar surface area (TPSA) is 67.9 Å². The molecule has 1 aliphatic heterocycles. The van der Waals surface area contributed by atoms with E-state index in [1.54, 1.807) is 38.5 Å². The number of hydrogen-bond acceptors (Lipinski definition) is 5. The predicted molar refractivity (Wildman–Crippen MR) is 99.0 cm³/mol. The molecule has 0 fully saturated rings. The van der Waals surface area contributed by atoms with Crippen molar-refractivity contribution in [3.63, 3.8) is 0 Å². The first-order valence-corrected chi connectivity index (χ1v) is 8.09. The highest BCUT2D eigenvalue weighted by molar-refractivity contribution is 6.36. The lowest BCUT2D eigenvalue weighted by atomic mass is 10.0. The minimum atomic E-state index is -0.385. The van der Waals surface area contributed by atoms with Crippen molar-refractivity contribution in [1.82, 2.24) is 4.90 Å². The number of anilines is 1. The van der Waals surface area contributed by atoms with Gasteiger partial charge in [-0.05, 0) is 42.3 Å². The molecule has 134 valence electrons. The molecule has 0 aliphatic carbocycles. The Balaban J connectivity index is 2.10. The molecule has 0 saturated carbocycles. The van der Waals surface area contributed by atoms with Crippen molar-refractivity contribution in [3.8, 4) is 11.5 Å². The maximum Gasteiger partial charge on any atom is 0.277 e. The van der Waals surface area contributed by atoms with Crippen molar-refractivity contribution >= 4 is 23.1 Å². The van der Waals surface area contributed by atoms with Crippen LogP contribution >= 0.6 is 0 Å². The molecule has 0 aromatic heterocycles. The van der Waals surface area contributed by atoms with Gasteiger partial charge >= 0.3 is 0 Å². The molecule has 0 unspecified atom stereocenters. The fourth-order valence-electron chi connectivity index (χ4n) is 2.84. The first kappa shape index (κ1) is 17.5. The van der Waals surface area contributed by atoms with Gasteiger partial charge in [-0.25, -0.2) is 0 Å². The summed E-state index contributed by atoms with van der Waals surface area (Å²) in [6, 6.07) is 12.6. The lowest BCUT2D eigenvalue weighted by Crippen LogP contribution is -2.28. The van der Waals surface area contributed by atoms with Crippen LogP contribution in [0.15, 0.2) is 48.2 Å². The van der Waals surface area contributed by atoms with Gasteiger partial charge in [0.15, 0.2) is 0 Å². The van der Waals surface area contributed by atoms with Gasteiger partial charge in [0.25, 0.3) is 11.8 Å². The summed E-state index contributed by atoms with van der Waals surface area (Å²) < 4.78 is 10.5. The number of imide groups is 1. The van der Waals surface area contributed by atoms with E-state index in [0.717, 1.165) is 10.5 Å². The summed E-state index contributed by atoms with van der Waals surface area (Å²) in [6.45, 7) is 1.94. The molecule has 3 rings (SSSR count). The zero-order valence-corrected chi connectivity index (χ0v) is 15.1. The number of amides is 2. The first-order valence-electron chi connectivity index (χ1n) is 8.09. The number of rotatable bonds is 5. The third-order valence-corrected chi connectivity index (χ3v) is 4.28. The van der Waals surface area contributed by atoms with Crippen LogP contribution in [-0.2, 0) is 9.59 Å². The van der Waals surface area contributed by atoms with E-state index in [1.165, 1.54) is 7.05 Å². The SMILES string of the molecule is COc1ccc(C2=C(Nc3cc(C)ccc3OC)C(=O)N(C)C2=O)cc1. The molecule has 0 radical (unpaired) electrons. The maximum atomic E-state index is 12.6. The second-order valence-electron chi connectivity index (χ2n) is 5.98. The minimum absolute atomic E-state index is 0.228. The highest BCUT2D eigenvalue weighted by atomic mass is 16.5. The number of carbonyl (C=O) groups excluding carboxylic acids is 2. The number of nitrogens with zero attached hydrogens (tertiary/aromatic N) is 1. The molecular weight excluding hydrogens is 332 g/mol. The van der Waals surface area contributed by atoms with Crippen LogP contribution in [0.3, 0.4) is 0 Å². The average Bonchev–Trinajstić information content (AvgIpc) is 2.86. The number of likely N-dealkylation sites (N-methyl/N-ethyl adjacent to an activating group) is 1. The van der Waals surface area contributed by atoms with Crippen LogP contribution < -0.4 is 14.8 Å². The summed E-state index contributed by atoms with van der Waals surface area (Å²) >= 11 is 0. The standard InChI is InChI=1S/C20H20N2O4/c1-12-5-10-16(26-4)15(11-12)21-18-17(19(23)22(2)20(18)24)13-6-8-14(25-3)9-7-13/h5-11,21H,1-4H3. The van der Waals surface area contributed by atoms with Crippen molar-refractivity contribution < 1.29 is 19.1 Å². The predicted octanol–water partition coefficient (Wildman–Crippen LogP) is 2.83. The molecular formula is C20H20N2O4. The summed E-state index contributed by atoms with van der Waals surface area (Å²) in [6.07, 6.45) is 0. The van der Waals surface area contributed by atoms with Crippen LogP contribution in [0.5, 0.6) is 11.5 Å². The highest BCUT2D eigenvalue weighted by Gasteiger charge is 2.37. The van der Waals surface area contributed by atoms with Crippen LogP contribution in [0, 0.1) is 6.92 Å². The molecule has 2 amide bonds. The normalized spacial score (nSPS) is 14.1. The van der Waals surface area contributed by atoms with E-state index in [1.807, 2.05) is 25.1 Å². The summed E-state index contributed by atoms with van der Waals surface area (Å²) in [4.78, 5) is 26.4. The summed E-state index contributed by atoms with van der Waals surface area (Å²) in [5.41, 5.74) is 2.83. The Morgan fingerprint density at radius 2 is 1.62 bits per heavy atom. The van der Waals surface area contributed by atoms with Gasteiger partial charge in [0.1, 0.15) is 17.2 Å². The van der Waals surface area contributed by atoms with Gasteiger partial charge in [-0.15, -0.1) is 0 Å². The van der Waals surface area contributed by atoms with Crippen LogP contribution in [0.25, 0.3) is 5.57 Å².